The van der Waals surface area contributed by atoms with Crippen molar-refractivity contribution in [3.63, 3.8) is 0 Å². The van der Waals surface area contributed by atoms with Gasteiger partial charge in [0.1, 0.15) is 17.0 Å². The summed E-state index contributed by atoms with van der Waals surface area (Å²) in [6, 6.07) is 13.9. The lowest BCUT2D eigenvalue weighted by Crippen LogP contribution is -2.01. The molecule has 0 aliphatic carbocycles. The molecule has 0 bridgehead atoms. The van der Waals surface area contributed by atoms with Crippen LogP contribution >= 0.6 is 11.6 Å². The van der Waals surface area contributed by atoms with Crippen LogP contribution in [0.15, 0.2) is 54.7 Å². The second-order valence-electron chi connectivity index (χ2n) is 5.97. The topological polar surface area (TPSA) is 79.1 Å². The smallest absolute Gasteiger partial charge is 0.337 e. The number of esters is 1. The van der Waals surface area contributed by atoms with E-state index in [9.17, 15) is 4.79 Å². The van der Waals surface area contributed by atoms with Gasteiger partial charge in [-0.2, -0.15) is 10.1 Å². The van der Waals surface area contributed by atoms with Gasteiger partial charge >= 0.3 is 5.97 Å². The van der Waals surface area contributed by atoms with E-state index >= 15 is 0 Å². The third-order valence-electron chi connectivity index (χ3n) is 4.05. The standard InChI is InChI=1S/C20H15ClN4O3/c1-12-23-18-17(11-22-25(18)15-5-3-4-14(21)10-15)19(24-12)28-16-8-6-13(7-9-16)20(26)27-2/h3-11H,1-2H3. The number of nitrogens with zero attached hydrogens (tertiary/aromatic N) is 4. The molecule has 140 valence electrons. The lowest BCUT2D eigenvalue weighted by atomic mass is 10.2. The van der Waals surface area contributed by atoms with Crippen molar-refractivity contribution in [1.29, 1.82) is 0 Å². The number of aromatic nitrogens is 4. The summed E-state index contributed by atoms with van der Waals surface area (Å²) in [4.78, 5) is 20.4. The van der Waals surface area contributed by atoms with E-state index in [4.69, 9.17) is 21.1 Å². The van der Waals surface area contributed by atoms with Crippen LogP contribution in [0.1, 0.15) is 16.2 Å². The summed E-state index contributed by atoms with van der Waals surface area (Å²) in [6.07, 6.45) is 1.65. The maximum absolute atomic E-state index is 11.6. The highest BCUT2D eigenvalue weighted by atomic mass is 35.5. The van der Waals surface area contributed by atoms with E-state index < -0.39 is 5.97 Å². The summed E-state index contributed by atoms with van der Waals surface area (Å²) >= 11 is 6.10. The molecule has 2 heterocycles. The molecule has 0 saturated heterocycles. The number of fused-ring (bicyclic) bond motifs is 1. The highest BCUT2D eigenvalue weighted by Gasteiger charge is 2.15. The predicted octanol–water partition coefficient (Wildman–Crippen LogP) is 4.36. The first-order chi connectivity index (χ1) is 13.5. The van der Waals surface area contributed by atoms with Gasteiger partial charge in [-0.15, -0.1) is 0 Å². The molecule has 0 atom stereocenters. The van der Waals surface area contributed by atoms with Gasteiger partial charge in [0.2, 0.25) is 5.88 Å². The first kappa shape index (κ1) is 17.9. The molecule has 28 heavy (non-hydrogen) atoms. The zero-order valence-electron chi connectivity index (χ0n) is 15.1. The molecule has 0 aliphatic heterocycles. The van der Waals surface area contributed by atoms with E-state index in [1.807, 2.05) is 12.1 Å². The van der Waals surface area contributed by atoms with Crippen LogP contribution in [0.4, 0.5) is 0 Å². The van der Waals surface area contributed by atoms with Crippen molar-refractivity contribution in [2.45, 2.75) is 6.92 Å². The maximum Gasteiger partial charge on any atom is 0.337 e. The monoisotopic (exact) mass is 394 g/mol. The molecule has 0 fully saturated rings. The molecular weight excluding hydrogens is 380 g/mol. The molecule has 0 amide bonds. The number of aryl methyl sites for hydroxylation is 1. The minimum Gasteiger partial charge on any atom is -0.465 e. The zero-order valence-corrected chi connectivity index (χ0v) is 15.8. The highest BCUT2D eigenvalue weighted by Crippen LogP contribution is 2.29. The van der Waals surface area contributed by atoms with Crippen LogP contribution in [-0.4, -0.2) is 32.8 Å². The summed E-state index contributed by atoms with van der Waals surface area (Å²) in [5.41, 5.74) is 1.83. The van der Waals surface area contributed by atoms with Gasteiger partial charge in [-0.3, -0.25) is 0 Å². The molecule has 0 spiro atoms. The lowest BCUT2D eigenvalue weighted by molar-refractivity contribution is 0.0600. The quantitative estimate of drug-likeness (QED) is 0.478. The third kappa shape index (κ3) is 3.39. The van der Waals surface area contributed by atoms with Crippen LogP contribution in [0.3, 0.4) is 0 Å². The number of hydrogen-bond donors (Lipinski definition) is 0. The molecular formula is C20H15ClN4O3. The van der Waals surface area contributed by atoms with Gasteiger partial charge in [0.05, 0.1) is 24.6 Å². The van der Waals surface area contributed by atoms with E-state index in [1.54, 1.807) is 54.2 Å². The third-order valence-corrected chi connectivity index (χ3v) is 4.28. The van der Waals surface area contributed by atoms with Crippen molar-refractivity contribution in [2.24, 2.45) is 0 Å². The van der Waals surface area contributed by atoms with Gasteiger partial charge in [0, 0.05) is 5.02 Å². The Balaban J connectivity index is 1.73. The second kappa shape index (κ2) is 7.28. The van der Waals surface area contributed by atoms with Gasteiger partial charge in [0.25, 0.3) is 0 Å². The Morgan fingerprint density at radius 1 is 1.11 bits per heavy atom. The van der Waals surface area contributed by atoms with Crippen molar-refractivity contribution in [3.8, 4) is 17.3 Å². The maximum atomic E-state index is 11.6. The summed E-state index contributed by atoms with van der Waals surface area (Å²) in [5.74, 6) is 1.04. The van der Waals surface area contributed by atoms with Crippen LogP contribution in [-0.2, 0) is 4.74 Å². The minimum atomic E-state index is -0.408. The molecule has 0 saturated carbocycles. The molecule has 0 N–H and O–H groups in total. The Morgan fingerprint density at radius 3 is 2.61 bits per heavy atom. The zero-order chi connectivity index (χ0) is 19.7. The SMILES string of the molecule is COC(=O)c1ccc(Oc2nc(C)nc3c2cnn3-c2cccc(Cl)c2)cc1. The summed E-state index contributed by atoms with van der Waals surface area (Å²) < 4.78 is 12.3. The molecule has 8 heteroatoms. The molecule has 0 unspecified atom stereocenters. The minimum absolute atomic E-state index is 0.376. The molecule has 0 aliphatic rings. The number of carbonyl (C=O) groups excluding carboxylic acids is 1. The van der Waals surface area contributed by atoms with Crippen molar-refractivity contribution in [3.05, 3.63) is 71.1 Å². The highest BCUT2D eigenvalue weighted by molar-refractivity contribution is 6.30. The summed E-state index contributed by atoms with van der Waals surface area (Å²) in [5, 5.41) is 5.67. The van der Waals surface area contributed by atoms with E-state index in [-0.39, 0.29) is 0 Å². The lowest BCUT2D eigenvalue weighted by Gasteiger charge is -2.08. The number of ether oxygens (including phenoxy) is 2. The Kier molecular flexibility index (Phi) is 4.67. The number of carbonyl (C=O) groups is 1. The Bertz CT molecular complexity index is 1170. The van der Waals surface area contributed by atoms with E-state index in [0.29, 0.717) is 39.1 Å². The van der Waals surface area contributed by atoms with E-state index in [0.717, 1.165) is 5.69 Å². The number of hydrogen-bond acceptors (Lipinski definition) is 6. The fourth-order valence-electron chi connectivity index (χ4n) is 2.75. The summed E-state index contributed by atoms with van der Waals surface area (Å²) in [6.45, 7) is 1.78. The van der Waals surface area contributed by atoms with Crippen molar-refractivity contribution in [1.82, 2.24) is 19.7 Å². The van der Waals surface area contributed by atoms with Crippen LogP contribution < -0.4 is 4.74 Å². The van der Waals surface area contributed by atoms with Gasteiger partial charge in [-0.25, -0.2) is 14.5 Å². The second-order valence-corrected chi connectivity index (χ2v) is 6.40. The first-order valence-corrected chi connectivity index (χ1v) is 8.77. The average Bonchev–Trinajstić information content (AvgIpc) is 3.12. The Hall–Kier alpha value is -3.45. The van der Waals surface area contributed by atoms with Crippen molar-refractivity contribution < 1.29 is 14.3 Å². The first-order valence-electron chi connectivity index (χ1n) is 8.39. The molecule has 0 radical (unpaired) electrons. The van der Waals surface area contributed by atoms with Gasteiger partial charge in [-0.05, 0) is 49.4 Å². The van der Waals surface area contributed by atoms with E-state index in [2.05, 4.69) is 15.1 Å². The van der Waals surface area contributed by atoms with Crippen LogP contribution in [0.2, 0.25) is 5.02 Å². The molecule has 2 aromatic heterocycles. The fraction of sp³-hybridized carbons (Fsp3) is 0.100. The largest absolute Gasteiger partial charge is 0.465 e. The molecule has 4 rings (SSSR count). The normalized spacial score (nSPS) is 10.8. The Labute approximate surface area is 165 Å². The number of benzene rings is 2. The number of rotatable bonds is 4. The van der Waals surface area contributed by atoms with Gasteiger partial charge < -0.3 is 9.47 Å². The van der Waals surface area contributed by atoms with Crippen molar-refractivity contribution >= 4 is 28.6 Å². The van der Waals surface area contributed by atoms with Crippen LogP contribution in [0.5, 0.6) is 11.6 Å². The van der Waals surface area contributed by atoms with Gasteiger partial charge in [0.15, 0.2) is 5.65 Å². The van der Waals surface area contributed by atoms with E-state index in [1.165, 1.54) is 7.11 Å². The van der Waals surface area contributed by atoms with Crippen LogP contribution in [0, 0.1) is 6.92 Å². The Morgan fingerprint density at radius 2 is 1.89 bits per heavy atom. The molecule has 4 aromatic rings. The average molecular weight is 395 g/mol. The van der Waals surface area contributed by atoms with Crippen molar-refractivity contribution in [2.75, 3.05) is 7.11 Å². The molecule has 7 nitrogen and oxygen atoms in total. The van der Waals surface area contributed by atoms with Crippen LogP contribution in [0.25, 0.3) is 16.7 Å². The number of methoxy groups -OCH3 is 1. The fourth-order valence-corrected chi connectivity index (χ4v) is 2.93. The predicted molar refractivity (Wildman–Crippen MR) is 104 cm³/mol. The number of halogens is 1. The molecule has 2 aromatic carbocycles. The van der Waals surface area contributed by atoms with Gasteiger partial charge in [-0.1, -0.05) is 17.7 Å². The summed E-state index contributed by atoms with van der Waals surface area (Å²) in [7, 11) is 1.34.